The van der Waals surface area contributed by atoms with Gasteiger partial charge in [-0.25, -0.2) is 0 Å². The van der Waals surface area contributed by atoms with Gasteiger partial charge in [0.15, 0.2) is 0 Å². The lowest BCUT2D eigenvalue weighted by Gasteiger charge is -2.30. The van der Waals surface area contributed by atoms with Crippen molar-refractivity contribution in [2.24, 2.45) is 0 Å². The summed E-state index contributed by atoms with van der Waals surface area (Å²) in [6, 6.07) is 7.42. The molecule has 0 aliphatic carbocycles. The number of hydrogen-bond donors (Lipinski definition) is 1. The van der Waals surface area contributed by atoms with Gasteiger partial charge in [-0.3, -0.25) is 0 Å². The molecule has 0 fully saturated rings. The predicted octanol–water partition coefficient (Wildman–Crippen LogP) is 3.96. The monoisotopic (exact) mass is 298 g/mol. The van der Waals surface area contributed by atoms with Gasteiger partial charge in [-0.05, 0) is 45.0 Å². The molecule has 3 heteroatoms. The van der Waals surface area contributed by atoms with Gasteiger partial charge in [0, 0.05) is 29.3 Å². The molecule has 1 aromatic rings. The van der Waals surface area contributed by atoms with Crippen molar-refractivity contribution in [3.8, 4) is 0 Å². The Morgan fingerprint density at radius 3 is 2.53 bits per heavy atom. The molecule has 96 valence electrons. The van der Waals surface area contributed by atoms with Gasteiger partial charge >= 0.3 is 0 Å². The van der Waals surface area contributed by atoms with Crippen LogP contribution in [-0.4, -0.2) is 20.1 Å². The van der Waals surface area contributed by atoms with Crippen molar-refractivity contribution >= 4 is 21.6 Å². The predicted molar refractivity (Wildman–Crippen MR) is 79.8 cm³/mol. The minimum absolute atomic E-state index is 0.365. The molecule has 2 atom stereocenters. The van der Waals surface area contributed by atoms with Crippen LogP contribution in [0.15, 0.2) is 22.7 Å². The molecule has 0 saturated heterocycles. The molecule has 0 heterocycles. The van der Waals surface area contributed by atoms with Crippen LogP contribution in [0.5, 0.6) is 0 Å². The fourth-order valence-corrected chi connectivity index (χ4v) is 2.20. The number of hydrogen-bond acceptors (Lipinski definition) is 2. The van der Waals surface area contributed by atoms with E-state index in [1.807, 2.05) is 7.05 Å². The first kappa shape index (κ1) is 14.5. The number of benzene rings is 1. The summed E-state index contributed by atoms with van der Waals surface area (Å²) in [6.07, 6.45) is 1.15. The van der Waals surface area contributed by atoms with Crippen molar-refractivity contribution in [2.75, 3.05) is 19.0 Å². The Balaban J connectivity index is 3.14. The van der Waals surface area contributed by atoms with Gasteiger partial charge in [0.2, 0.25) is 0 Å². The molecule has 0 aliphatic rings. The van der Waals surface area contributed by atoms with Gasteiger partial charge in [-0.1, -0.05) is 28.9 Å². The smallest absolute Gasteiger partial charge is 0.0425 e. The second kappa shape index (κ2) is 6.41. The van der Waals surface area contributed by atoms with E-state index in [9.17, 15) is 0 Å². The van der Waals surface area contributed by atoms with E-state index in [1.165, 1.54) is 11.3 Å². The van der Waals surface area contributed by atoms with Crippen molar-refractivity contribution in [1.82, 2.24) is 5.32 Å². The largest absolute Gasteiger partial charge is 0.372 e. The molecular formula is C14H23BrN2. The minimum atomic E-state index is 0.365. The second-order valence-corrected chi connectivity index (χ2v) is 5.50. The zero-order valence-electron chi connectivity index (χ0n) is 11.4. The third-order valence-electron chi connectivity index (χ3n) is 3.52. The summed E-state index contributed by atoms with van der Waals surface area (Å²) in [4.78, 5) is 2.36. The lowest BCUT2D eigenvalue weighted by molar-refractivity contribution is 0.629. The molecule has 0 aliphatic heterocycles. The third kappa shape index (κ3) is 3.46. The highest BCUT2D eigenvalue weighted by molar-refractivity contribution is 9.10. The maximum Gasteiger partial charge on any atom is 0.0425 e. The zero-order chi connectivity index (χ0) is 13.0. The van der Waals surface area contributed by atoms with Gasteiger partial charge in [-0.2, -0.15) is 0 Å². The molecule has 0 spiro atoms. The summed E-state index contributed by atoms with van der Waals surface area (Å²) in [5, 5.41) is 3.31. The molecule has 1 aromatic carbocycles. The molecule has 17 heavy (non-hydrogen) atoms. The molecule has 0 aromatic heterocycles. The van der Waals surface area contributed by atoms with E-state index >= 15 is 0 Å². The normalized spacial score (nSPS) is 14.5. The van der Waals surface area contributed by atoms with Crippen LogP contribution < -0.4 is 10.2 Å². The fourth-order valence-electron chi connectivity index (χ4n) is 1.86. The topological polar surface area (TPSA) is 15.3 Å². The van der Waals surface area contributed by atoms with Crippen molar-refractivity contribution < 1.29 is 0 Å². The van der Waals surface area contributed by atoms with Crippen LogP contribution in [0.3, 0.4) is 0 Å². The highest BCUT2D eigenvalue weighted by Gasteiger charge is 2.15. The van der Waals surface area contributed by atoms with Crippen LogP contribution in [-0.2, 0) is 0 Å². The molecule has 2 unspecified atom stereocenters. The van der Waals surface area contributed by atoms with E-state index in [4.69, 9.17) is 0 Å². The van der Waals surface area contributed by atoms with Gasteiger partial charge in [-0.15, -0.1) is 0 Å². The number of nitrogens with zero attached hydrogens (tertiary/aromatic N) is 1. The number of halogens is 1. The van der Waals surface area contributed by atoms with Gasteiger partial charge in [0.1, 0.15) is 0 Å². The highest BCUT2D eigenvalue weighted by Crippen LogP contribution is 2.30. The Hall–Kier alpha value is -0.540. The lowest BCUT2D eigenvalue weighted by atomic mass is 10.0. The second-order valence-electron chi connectivity index (χ2n) is 4.58. The van der Waals surface area contributed by atoms with Crippen LogP contribution in [0.2, 0.25) is 0 Å². The van der Waals surface area contributed by atoms with Crippen molar-refractivity contribution in [2.45, 2.75) is 39.3 Å². The number of rotatable bonds is 5. The Labute approximate surface area is 114 Å². The Morgan fingerprint density at radius 1 is 1.35 bits per heavy atom. The fraction of sp³-hybridized carbons (Fsp3) is 0.571. The maximum atomic E-state index is 3.56. The van der Waals surface area contributed by atoms with E-state index in [-0.39, 0.29) is 0 Å². The van der Waals surface area contributed by atoms with Crippen molar-refractivity contribution in [3.63, 3.8) is 0 Å². The zero-order valence-corrected chi connectivity index (χ0v) is 13.0. The van der Waals surface area contributed by atoms with Gasteiger partial charge < -0.3 is 10.2 Å². The summed E-state index contributed by atoms with van der Waals surface area (Å²) in [7, 11) is 4.17. The quantitative estimate of drug-likeness (QED) is 0.885. The Morgan fingerprint density at radius 2 is 2.00 bits per heavy atom. The SMILES string of the molecule is CCC(C)N(C)c1cc(Br)ccc1C(C)NC. The molecule has 1 N–H and O–H groups in total. The van der Waals surface area contributed by atoms with E-state index in [0.29, 0.717) is 12.1 Å². The van der Waals surface area contributed by atoms with E-state index in [0.717, 1.165) is 10.9 Å². The molecule has 2 nitrogen and oxygen atoms in total. The first-order valence-corrected chi connectivity index (χ1v) is 7.00. The average molecular weight is 299 g/mol. The van der Waals surface area contributed by atoms with Gasteiger partial charge in [0.25, 0.3) is 0 Å². The third-order valence-corrected chi connectivity index (χ3v) is 4.02. The first-order valence-electron chi connectivity index (χ1n) is 6.20. The van der Waals surface area contributed by atoms with Crippen LogP contribution in [0, 0.1) is 0 Å². The van der Waals surface area contributed by atoms with Crippen LogP contribution in [0.25, 0.3) is 0 Å². The molecule has 1 rings (SSSR count). The van der Waals surface area contributed by atoms with E-state index < -0.39 is 0 Å². The van der Waals surface area contributed by atoms with E-state index in [1.54, 1.807) is 0 Å². The summed E-state index contributed by atoms with van der Waals surface area (Å²) in [5.74, 6) is 0. The minimum Gasteiger partial charge on any atom is -0.372 e. The van der Waals surface area contributed by atoms with Crippen LogP contribution in [0.4, 0.5) is 5.69 Å². The van der Waals surface area contributed by atoms with Crippen LogP contribution >= 0.6 is 15.9 Å². The standard InChI is InChI=1S/C14H23BrN2/c1-6-10(2)17(5)14-9-12(15)7-8-13(14)11(3)16-4/h7-11,16H,6H2,1-5H3. The Bertz CT molecular complexity index is 365. The summed E-state index contributed by atoms with van der Waals surface area (Å²) < 4.78 is 1.13. The summed E-state index contributed by atoms with van der Waals surface area (Å²) >= 11 is 3.56. The molecular weight excluding hydrogens is 276 g/mol. The first-order chi connectivity index (χ1) is 8.01. The van der Waals surface area contributed by atoms with Crippen molar-refractivity contribution in [1.29, 1.82) is 0 Å². The summed E-state index contributed by atoms with van der Waals surface area (Å²) in [6.45, 7) is 6.67. The highest BCUT2D eigenvalue weighted by atomic mass is 79.9. The lowest BCUT2D eigenvalue weighted by Crippen LogP contribution is -2.30. The molecule has 0 saturated carbocycles. The number of nitrogens with one attached hydrogen (secondary N) is 1. The molecule has 0 amide bonds. The van der Waals surface area contributed by atoms with E-state index in [2.05, 4.69) is 72.2 Å². The Kier molecular flexibility index (Phi) is 5.47. The van der Waals surface area contributed by atoms with Crippen molar-refractivity contribution in [3.05, 3.63) is 28.2 Å². The summed E-state index contributed by atoms with van der Waals surface area (Å²) in [5.41, 5.74) is 2.65. The maximum absolute atomic E-state index is 3.56. The molecule has 0 bridgehead atoms. The number of anilines is 1. The molecule has 0 radical (unpaired) electrons. The average Bonchev–Trinajstić information content (AvgIpc) is 2.35. The van der Waals surface area contributed by atoms with Gasteiger partial charge in [0.05, 0.1) is 0 Å². The van der Waals surface area contributed by atoms with Crippen LogP contribution in [0.1, 0.15) is 38.8 Å².